The number of fused-ring (bicyclic) bond motifs is 1. The van der Waals surface area contributed by atoms with Gasteiger partial charge < -0.3 is 14.8 Å². The lowest BCUT2D eigenvalue weighted by Crippen LogP contribution is -2.44. The molecule has 4 rings (SSSR count). The van der Waals surface area contributed by atoms with Gasteiger partial charge >= 0.3 is 0 Å². The topological polar surface area (TPSA) is 77.5 Å². The summed E-state index contributed by atoms with van der Waals surface area (Å²) in [6, 6.07) is 15.6. The molecule has 0 spiro atoms. The number of sulfone groups is 1. The molecule has 3 aromatic rings. The molecule has 2 aromatic carbocycles. The molecule has 1 aliphatic rings. The summed E-state index contributed by atoms with van der Waals surface area (Å²) in [5.74, 6) is 0.628. The summed E-state index contributed by atoms with van der Waals surface area (Å²) in [4.78, 5) is 4.80. The first-order chi connectivity index (χ1) is 13.1. The zero-order valence-corrected chi connectivity index (χ0v) is 15.5. The van der Waals surface area contributed by atoms with Crippen LogP contribution in [0.25, 0.3) is 10.9 Å². The Labute approximate surface area is 158 Å². The number of benzene rings is 2. The van der Waals surface area contributed by atoms with Crippen LogP contribution in [-0.2, 0) is 14.6 Å². The second-order valence-electron chi connectivity index (χ2n) is 6.35. The van der Waals surface area contributed by atoms with Crippen LogP contribution in [0.1, 0.15) is 0 Å². The maximum Gasteiger partial charge on any atom is 0.208 e. The van der Waals surface area contributed by atoms with Crippen LogP contribution in [0.3, 0.4) is 0 Å². The lowest BCUT2D eigenvalue weighted by atomic mass is 10.2. The van der Waals surface area contributed by atoms with E-state index >= 15 is 0 Å². The van der Waals surface area contributed by atoms with Gasteiger partial charge in [-0.15, -0.1) is 0 Å². The molecule has 1 fully saturated rings. The van der Waals surface area contributed by atoms with E-state index < -0.39 is 9.84 Å². The number of rotatable bonds is 5. The van der Waals surface area contributed by atoms with Crippen LogP contribution in [0.4, 0.5) is 0 Å². The molecule has 0 saturated carbocycles. The van der Waals surface area contributed by atoms with Crippen molar-refractivity contribution in [2.24, 2.45) is 0 Å². The second-order valence-corrected chi connectivity index (χ2v) is 8.30. The van der Waals surface area contributed by atoms with Crippen molar-refractivity contribution in [1.82, 2.24) is 10.3 Å². The molecule has 1 unspecified atom stereocenters. The van der Waals surface area contributed by atoms with Crippen molar-refractivity contribution in [3.63, 3.8) is 0 Å². The van der Waals surface area contributed by atoms with Gasteiger partial charge in [-0.1, -0.05) is 30.3 Å². The summed E-state index contributed by atoms with van der Waals surface area (Å²) in [6.07, 6.45) is 1.39. The normalized spacial score (nSPS) is 17.7. The zero-order chi connectivity index (χ0) is 18.7. The van der Waals surface area contributed by atoms with Crippen LogP contribution in [0.5, 0.6) is 5.75 Å². The Bertz CT molecular complexity index is 1030. The highest BCUT2D eigenvalue weighted by Crippen LogP contribution is 2.28. The van der Waals surface area contributed by atoms with E-state index in [1.165, 1.54) is 6.20 Å². The van der Waals surface area contributed by atoms with Crippen LogP contribution in [0, 0.1) is 0 Å². The van der Waals surface area contributed by atoms with Gasteiger partial charge in [-0.05, 0) is 24.3 Å². The van der Waals surface area contributed by atoms with E-state index in [0.29, 0.717) is 31.1 Å². The average molecular weight is 384 g/mol. The molecule has 0 aliphatic carbocycles. The van der Waals surface area contributed by atoms with E-state index in [1.54, 1.807) is 36.4 Å². The van der Waals surface area contributed by atoms with E-state index in [9.17, 15) is 8.42 Å². The fraction of sp³-hybridized carbons (Fsp3) is 0.250. The number of pyridine rings is 1. The molecule has 2 heterocycles. The Morgan fingerprint density at radius 2 is 1.96 bits per heavy atom. The van der Waals surface area contributed by atoms with Crippen LogP contribution >= 0.6 is 0 Å². The van der Waals surface area contributed by atoms with E-state index in [1.807, 2.05) is 18.2 Å². The number of para-hydroxylation sites is 1. The lowest BCUT2D eigenvalue weighted by Gasteiger charge is -2.24. The van der Waals surface area contributed by atoms with Crippen LogP contribution < -0.4 is 10.1 Å². The molecule has 1 N–H and O–H groups in total. The van der Waals surface area contributed by atoms with Crippen molar-refractivity contribution in [3.8, 4) is 5.75 Å². The van der Waals surface area contributed by atoms with E-state index in [-0.39, 0.29) is 15.8 Å². The minimum atomic E-state index is -3.60. The highest BCUT2D eigenvalue weighted by atomic mass is 32.2. The van der Waals surface area contributed by atoms with Crippen molar-refractivity contribution >= 4 is 20.7 Å². The molecular formula is C20H20N2O4S. The Kier molecular flexibility index (Phi) is 5.07. The summed E-state index contributed by atoms with van der Waals surface area (Å²) in [5, 5.41) is 4.05. The van der Waals surface area contributed by atoms with Crippen molar-refractivity contribution in [2.45, 2.75) is 15.8 Å². The molecule has 1 saturated heterocycles. The Hall–Kier alpha value is -2.48. The molecule has 1 aliphatic heterocycles. The first-order valence-corrected chi connectivity index (χ1v) is 10.3. The van der Waals surface area contributed by atoms with Crippen LogP contribution in [0.2, 0.25) is 0 Å². The van der Waals surface area contributed by atoms with E-state index in [4.69, 9.17) is 9.47 Å². The molecule has 6 nitrogen and oxygen atoms in total. The summed E-state index contributed by atoms with van der Waals surface area (Å²) < 4.78 is 36.9. The minimum Gasteiger partial charge on any atom is -0.490 e. The predicted molar refractivity (Wildman–Crippen MR) is 102 cm³/mol. The first kappa shape index (κ1) is 17.9. The monoisotopic (exact) mass is 384 g/mol. The molecule has 0 radical (unpaired) electrons. The first-order valence-electron chi connectivity index (χ1n) is 8.77. The van der Waals surface area contributed by atoms with Crippen molar-refractivity contribution in [3.05, 3.63) is 60.8 Å². The number of ether oxygens (including phenoxy) is 2. The summed E-state index contributed by atoms with van der Waals surface area (Å²) in [6.45, 7) is 2.59. The highest BCUT2D eigenvalue weighted by molar-refractivity contribution is 7.91. The maximum absolute atomic E-state index is 12.8. The van der Waals surface area contributed by atoms with Gasteiger partial charge in [0.05, 0.1) is 29.0 Å². The van der Waals surface area contributed by atoms with Gasteiger partial charge in [0.15, 0.2) is 0 Å². The fourth-order valence-corrected chi connectivity index (χ4v) is 4.29. The van der Waals surface area contributed by atoms with Crippen LogP contribution in [0.15, 0.2) is 70.6 Å². The fourth-order valence-electron chi connectivity index (χ4n) is 3.03. The van der Waals surface area contributed by atoms with Gasteiger partial charge in [0.2, 0.25) is 9.84 Å². The number of hydrogen-bond donors (Lipinski definition) is 1. The molecule has 1 aromatic heterocycles. The van der Waals surface area contributed by atoms with Gasteiger partial charge in [0, 0.05) is 18.1 Å². The van der Waals surface area contributed by atoms with E-state index in [2.05, 4.69) is 10.3 Å². The Balaban J connectivity index is 1.62. The summed E-state index contributed by atoms with van der Waals surface area (Å²) >= 11 is 0. The van der Waals surface area contributed by atoms with E-state index in [0.717, 1.165) is 11.9 Å². The van der Waals surface area contributed by atoms with Gasteiger partial charge in [-0.25, -0.2) is 8.42 Å². The van der Waals surface area contributed by atoms with Gasteiger partial charge in [0.1, 0.15) is 17.9 Å². The number of nitrogens with zero attached hydrogens (tertiary/aromatic N) is 1. The number of aromatic nitrogens is 1. The Morgan fingerprint density at radius 3 is 2.74 bits per heavy atom. The molecular weight excluding hydrogens is 364 g/mol. The van der Waals surface area contributed by atoms with Crippen molar-refractivity contribution < 1.29 is 17.9 Å². The third-order valence-electron chi connectivity index (χ3n) is 4.45. The highest BCUT2D eigenvalue weighted by Gasteiger charge is 2.19. The molecule has 27 heavy (non-hydrogen) atoms. The third-order valence-corrected chi connectivity index (χ3v) is 6.19. The van der Waals surface area contributed by atoms with Crippen molar-refractivity contribution in [2.75, 3.05) is 26.4 Å². The summed E-state index contributed by atoms with van der Waals surface area (Å²) in [7, 11) is -3.60. The average Bonchev–Trinajstić information content (AvgIpc) is 2.73. The minimum absolute atomic E-state index is 0.131. The molecule has 0 bridgehead atoms. The number of morpholine rings is 1. The van der Waals surface area contributed by atoms with Gasteiger partial charge in [-0.3, -0.25) is 4.98 Å². The van der Waals surface area contributed by atoms with Gasteiger partial charge in [-0.2, -0.15) is 0 Å². The summed E-state index contributed by atoms with van der Waals surface area (Å²) in [5.41, 5.74) is 0.640. The van der Waals surface area contributed by atoms with Crippen molar-refractivity contribution in [1.29, 1.82) is 0 Å². The molecule has 1 atom stereocenters. The Morgan fingerprint density at radius 1 is 1.11 bits per heavy atom. The van der Waals surface area contributed by atoms with Gasteiger partial charge in [0.25, 0.3) is 0 Å². The number of hydrogen-bond acceptors (Lipinski definition) is 6. The molecule has 7 heteroatoms. The zero-order valence-electron chi connectivity index (χ0n) is 14.7. The molecule has 140 valence electrons. The SMILES string of the molecule is O=S(=O)(c1ccccc1)c1cnc2c(OCC3COCCN3)cccc2c1. The third kappa shape index (κ3) is 3.80. The maximum atomic E-state index is 12.8. The second kappa shape index (κ2) is 7.64. The van der Waals surface area contributed by atoms with Crippen LogP contribution in [-0.4, -0.2) is 45.8 Å². The number of nitrogens with one attached hydrogen (secondary N) is 1. The quantitative estimate of drug-likeness (QED) is 0.728. The smallest absolute Gasteiger partial charge is 0.208 e. The largest absolute Gasteiger partial charge is 0.490 e. The lowest BCUT2D eigenvalue weighted by molar-refractivity contribution is 0.0595. The molecule has 0 amide bonds. The predicted octanol–water partition coefficient (Wildman–Crippen LogP) is 2.43. The standard InChI is InChI=1S/C20H20N2O4S/c23-27(24,17-6-2-1-3-7-17)18-11-15-5-4-8-19(20(15)22-12-18)26-14-16-13-25-10-9-21-16/h1-8,11-12,16,21H,9-10,13-14H2.